The molecule has 35 heavy (non-hydrogen) atoms. The van der Waals surface area contributed by atoms with Crippen molar-refractivity contribution in [3.05, 3.63) is 11.9 Å². The maximum Gasteiger partial charge on any atom is 0.208 e. The monoisotopic (exact) mass is 526 g/mol. The first-order valence-corrected chi connectivity index (χ1v) is 15.3. The predicted octanol–water partition coefficient (Wildman–Crippen LogP) is 5.59. The second-order valence-electron chi connectivity index (χ2n) is 9.04. The summed E-state index contributed by atoms with van der Waals surface area (Å²) in [5, 5.41) is 6.31. The van der Waals surface area contributed by atoms with Crippen LogP contribution in [0.15, 0.2) is 16.4 Å². The van der Waals surface area contributed by atoms with E-state index in [1.807, 2.05) is 23.2 Å². The van der Waals surface area contributed by atoms with Crippen molar-refractivity contribution >= 4 is 29.2 Å². The molecule has 4 atom stereocenters. The van der Waals surface area contributed by atoms with Crippen LogP contribution in [0, 0.1) is 0 Å². The number of fused-ring (bicyclic) bond motifs is 1. The van der Waals surface area contributed by atoms with Gasteiger partial charge in [-0.05, 0) is 38.7 Å². The Kier molecular flexibility index (Phi) is 11.6. The maximum absolute atomic E-state index is 6.72. The number of aromatic nitrogens is 4. The van der Waals surface area contributed by atoms with Gasteiger partial charge in [0.15, 0.2) is 5.65 Å². The third-order valence-corrected chi connectivity index (χ3v) is 7.55. The maximum atomic E-state index is 6.72. The van der Waals surface area contributed by atoms with Gasteiger partial charge in [0.2, 0.25) is 5.16 Å². The minimum absolute atomic E-state index is 0.243. The van der Waals surface area contributed by atoms with Crippen molar-refractivity contribution in [2.75, 3.05) is 38.9 Å². The summed E-state index contributed by atoms with van der Waals surface area (Å²) in [6.45, 7) is 11.1. The number of unbranched alkanes of at least 4 members (excludes halogenated alkanes) is 3. The lowest BCUT2D eigenvalue weighted by atomic mass is 9.90. The Balaban J connectivity index is 2.01. The molecule has 0 saturated carbocycles. The van der Waals surface area contributed by atoms with E-state index in [2.05, 4.69) is 37.7 Å². The SMILES string of the molecule is CCCCOC[C@H]1OC(c2cnc3c(SC)nc(SC)nn23)[C@](C)(OCCCC)[C@@H]1OCCCC. The van der Waals surface area contributed by atoms with Gasteiger partial charge < -0.3 is 18.9 Å². The van der Waals surface area contributed by atoms with Crippen LogP contribution in [0.2, 0.25) is 0 Å². The zero-order chi connectivity index (χ0) is 25.3. The fraction of sp³-hybridized carbons (Fsp3) is 0.800. The molecule has 10 heteroatoms. The first-order chi connectivity index (χ1) is 17.0. The van der Waals surface area contributed by atoms with Crippen molar-refractivity contribution in [2.24, 2.45) is 0 Å². The van der Waals surface area contributed by atoms with Crippen LogP contribution in [0.1, 0.15) is 78.0 Å². The molecule has 1 fully saturated rings. The molecule has 8 nitrogen and oxygen atoms in total. The highest BCUT2D eigenvalue weighted by Gasteiger charge is 2.57. The number of hydrogen-bond acceptors (Lipinski definition) is 9. The molecular weight excluding hydrogens is 484 g/mol. The Labute approximate surface area is 218 Å². The number of rotatable bonds is 16. The molecular formula is C25H42N4O4S2. The Hall–Kier alpha value is -0.910. The van der Waals surface area contributed by atoms with E-state index >= 15 is 0 Å². The second kappa shape index (κ2) is 14.1. The lowest BCUT2D eigenvalue weighted by Crippen LogP contribution is -2.48. The number of nitrogens with zero attached hydrogens (tertiary/aromatic N) is 4. The summed E-state index contributed by atoms with van der Waals surface area (Å²) in [4.78, 5) is 9.31. The summed E-state index contributed by atoms with van der Waals surface area (Å²) >= 11 is 3.08. The van der Waals surface area contributed by atoms with Gasteiger partial charge >= 0.3 is 0 Å². The smallest absolute Gasteiger partial charge is 0.208 e. The molecule has 3 rings (SSSR count). The molecule has 0 spiro atoms. The van der Waals surface area contributed by atoms with Gasteiger partial charge in [0.1, 0.15) is 28.9 Å². The van der Waals surface area contributed by atoms with Gasteiger partial charge in [-0.3, -0.25) is 0 Å². The third kappa shape index (κ3) is 6.70. The minimum atomic E-state index is -0.707. The van der Waals surface area contributed by atoms with E-state index in [1.165, 1.54) is 11.8 Å². The molecule has 1 aliphatic rings. The summed E-state index contributed by atoms with van der Waals surface area (Å²) in [6, 6.07) is 0. The van der Waals surface area contributed by atoms with Gasteiger partial charge in [-0.2, -0.15) is 0 Å². The quantitative estimate of drug-likeness (QED) is 0.205. The van der Waals surface area contributed by atoms with Gasteiger partial charge in [-0.25, -0.2) is 14.5 Å². The molecule has 2 aromatic heterocycles. The Morgan fingerprint density at radius 2 is 1.74 bits per heavy atom. The molecule has 0 aromatic carbocycles. The lowest BCUT2D eigenvalue weighted by Gasteiger charge is -2.35. The standard InChI is InChI=1S/C25H42N4O4S2/c1-7-10-13-30-17-19-21(31-14-11-8-2)25(4,32-15-12-9-3)20(33-19)18-16-26-22-23(34-5)27-24(35-6)28-29(18)22/h16,19-21H,7-15,17H2,1-6H3/t19-,20?,21-,25+/m1/s1. The topological polar surface area (TPSA) is 80.0 Å². The molecule has 1 saturated heterocycles. The average molecular weight is 527 g/mol. The van der Waals surface area contributed by atoms with E-state index in [9.17, 15) is 0 Å². The molecule has 198 valence electrons. The Morgan fingerprint density at radius 3 is 2.43 bits per heavy atom. The van der Waals surface area contributed by atoms with Crippen LogP contribution in [0.25, 0.3) is 5.65 Å². The molecule has 0 amide bonds. The van der Waals surface area contributed by atoms with Crippen molar-refractivity contribution in [1.82, 2.24) is 19.6 Å². The Bertz CT molecular complexity index is 915. The normalized spacial score (nSPS) is 24.6. The second-order valence-corrected chi connectivity index (χ2v) is 10.6. The number of hydrogen-bond donors (Lipinski definition) is 0. The zero-order valence-electron chi connectivity index (χ0n) is 22.1. The highest BCUT2D eigenvalue weighted by Crippen LogP contribution is 2.46. The van der Waals surface area contributed by atoms with Crippen LogP contribution in [0.5, 0.6) is 0 Å². The zero-order valence-corrected chi connectivity index (χ0v) is 23.8. The average Bonchev–Trinajstić information content (AvgIpc) is 3.40. The molecule has 0 bridgehead atoms. The molecule has 0 N–H and O–H groups in total. The first kappa shape index (κ1) is 28.7. The van der Waals surface area contributed by atoms with Crippen molar-refractivity contribution in [3.63, 3.8) is 0 Å². The van der Waals surface area contributed by atoms with E-state index in [1.54, 1.807) is 11.8 Å². The van der Waals surface area contributed by atoms with E-state index in [4.69, 9.17) is 24.0 Å². The summed E-state index contributed by atoms with van der Waals surface area (Å²) in [5.41, 5.74) is 0.879. The van der Waals surface area contributed by atoms with E-state index in [0.717, 1.165) is 54.9 Å². The summed E-state index contributed by atoms with van der Waals surface area (Å²) < 4.78 is 27.7. The largest absolute Gasteiger partial charge is 0.379 e. The highest BCUT2D eigenvalue weighted by molar-refractivity contribution is 7.99. The van der Waals surface area contributed by atoms with Crippen LogP contribution >= 0.6 is 23.5 Å². The summed E-state index contributed by atoms with van der Waals surface area (Å²) in [7, 11) is 0. The van der Waals surface area contributed by atoms with Gasteiger partial charge in [0.25, 0.3) is 0 Å². The predicted molar refractivity (Wildman–Crippen MR) is 142 cm³/mol. The third-order valence-electron chi connectivity index (χ3n) is 6.35. The molecule has 0 aliphatic carbocycles. The molecule has 0 radical (unpaired) electrons. The molecule has 2 aromatic rings. The van der Waals surface area contributed by atoms with Crippen molar-refractivity contribution in [1.29, 1.82) is 0 Å². The van der Waals surface area contributed by atoms with Crippen LogP contribution in [-0.2, 0) is 18.9 Å². The van der Waals surface area contributed by atoms with Crippen molar-refractivity contribution < 1.29 is 18.9 Å². The van der Waals surface area contributed by atoms with Gasteiger partial charge in [0, 0.05) is 19.8 Å². The minimum Gasteiger partial charge on any atom is -0.379 e. The van der Waals surface area contributed by atoms with Crippen molar-refractivity contribution in [2.45, 2.75) is 100 Å². The molecule has 3 heterocycles. The van der Waals surface area contributed by atoms with Crippen LogP contribution in [-0.4, -0.2) is 76.3 Å². The number of imidazole rings is 1. The highest BCUT2D eigenvalue weighted by atomic mass is 32.2. The molecule has 1 unspecified atom stereocenters. The fourth-order valence-electron chi connectivity index (χ4n) is 4.31. The van der Waals surface area contributed by atoms with E-state index < -0.39 is 11.7 Å². The van der Waals surface area contributed by atoms with Gasteiger partial charge in [-0.15, -0.1) is 16.9 Å². The van der Waals surface area contributed by atoms with Gasteiger partial charge in [-0.1, -0.05) is 51.8 Å². The van der Waals surface area contributed by atoms with Gasteiger partial charge in [0.05, 0.1) is 18.5 Å². The van der Waals surface area contributed by atoms with Crippen LogP contribution in [0.3, 0.4) is 0 Å². The summed E-state index contributed by atoms with van der Waals surface area (Å²) in [5.74, 6) is 0. The van der Waals surface area contributed by atoms with Crippen LogP contribution < -0.4 is 0 Å². The van der Waals surface area contributed by atoms with E-state index in [-0.39, 0.29) is 12.2 Å². The lowest BCUT2D eigenvalue weighted by molar-refractivity contribution is -0.138. The Morgan fingerprint density at radius 1 is 1.03 bits per heavy atom. The number of thioether (sulfide) groups is 2. The fourth-order valence-corrected chi connectivity index (χ4v) is 5.22. The summed E-state index contributed by atoms with van der Waals surface area (Å²) in [6.07, 6.45) is 11.2. The van der Waals surface area contributed by atoms with Crippen LogP contribution in [0.4, 0.5) is 0 Å². The van der Waals surface area contributed by atoms with E-state index in [0.29, 0.717) is 31.6 Å². The first-order valence-electron chi connectivity index (χ1n) is 12.9. The number of ether oxygens (including phenoxy) is 4. The molecule has 1 aliphatic heterocycles. The van der Waals surface area contributed by atoms with Crippen molar-refractivity contribution in [3.8, 4) is 0 Å².